The summed E-state index contributed by atoms with van der Waals surface area (Å²) in [6, 6.07) is 9.74. The van der Waals surface area contributed by atoms with Gasteiger partial charge >= 0.3 is 0 Å². The molecule has 122 valence electrons. The highest BCUT2D eigenvalue weighted by Crippen LogP contribution is 2.16. The van der Waals surface area contributed by atoms with E-state index in [1.54, 1.807) is 11.8 Å². The van der Waals surface area contributed by atoms with E-state index in [9.17, 15) is 4.79 Å². The average molecular weight is 335 g/mol. The van der Waals surface area contributed by atoms with Crippen molar-refractivity contribution in [3.63, 3.8) is 0 Å². The zero-order valence-corrected chi connectivity index (χ0v) is 13.7. The lowest BCUT2D eigenvalue weighted by atomic mass is 10.2. The van der Waals surface area contributed by atoms with Crippen LogP contribution in [0.2, 0.25) is 0 Å². The number of piperazine rings is 1. The topological polar surface area (TPSA) is 62.5 Å². The SMILES string of the molecule is CC(Cl)C(=O)N1CCN(Cc2nc(-c3ccccc3)no2)CC1. The average Bonchev–Trinajstić information content (AvgIpc) is 3.04. The number of carbonyl (C=O) groups excluding carboxylic acids is 1. The molecule has 1 saturated heterocycles. The van der Waals surface area contributed by atoms with Crippen molar-refractivity contribution in [2.24, 2.45) is 0 Å². The van der Waals surface area contributed by atoms with Crippen LogP contribution >= 0.6 is 11.6 Å². The minimum absolute atomic E-state index is 0.00419. The Morgan fingerprint density at radius 3 is 2.61 bits per heavy atom. The third kappa shape index (κ3) is 3.89. The van der Waals surface area contributed by atoms with Gasteiger partial charge in [0.25, 0.3) is 0 Å². The van der Waals surface area contributed by atoms with E-state index in [-0.39, 0.29) is 5.91 Å². The van der Waals surface area contributed by atoms with E-state index in [2.05, 4.69) is 15.0 Å². The van der Waals surface area contributed by atoms with Gasteiger partial charge < -0.3 is 9.42 Å². The first-order chi connectivity index (χ1) is 11.1. The van der Waals surface area contributed by atoms with Gasteiger partial charge in [-0.1, -0.05) is 35.5 Å². The summed E-state index contributed by atoms with van der Waals surface area (Å²) in [4.78, 5) is 20.3. The van der Waals surface area contributed by atoms with Gasteiger partial charge in [0, 0.05) is 31.7 Å². The minimum Gasteiger partial charge on any atom is -0.339 e. The molecule has 23 heavy (non-hydrogen) atoms. The molecule has 2 aromatic rings. The second kappa shape index (κ2) is 7.10. The van der Waals surface area contributed by atoms with Crippen LogP contribution in [0.5, 0.6) is 0 Å². The fourth-order valence-electron chi connectivity index (χ4n) is 2.59. The number of alkyl halides is 1. The van der Waals surface area contributed by atoms with Crippen LogP contribution in [0.15, 0.2) is 34.9 Å². The Balaban J connectivity index is 1.55. The van der Waals surface area contributed by atoms with Crippen LogP contribution in [0.1, 0.15) is 12.8 Å². The van der Waals surface area contributed by atoms with Crippen molar-refractivity contribution in [3.8, 4) is 11.4 Å². The van der Waals surface area contributed by atoms with Crippen molar-refractivity contribution in [3.05, 3.63) is 36.2 Å². The van der Waals surface area contributed by atoms with Crippen LogP contribution in [-0.4, -0.2) is 57.4 Å². The lowest BCUT2D eigenvalue weighted by molar-refractivity contribution is -0.132. The molecule has 7 heteroatoms. The highest BCUT2D eigenvalue weighted by atomic mass is 35.5. The smallest absolute Gasteiger partial charge is 0.241 e. The Hall–Kier alpha value is -1.92. The van der Waals surface area contributed by atoms with Gasteiger partial charge in [0.05, 0.1) is 6.54 Å². The van der Waals surface area contributed by atoms with E-state index in [0.717, 1.165) is 18.7 Å². The molecule has 1 fully saturated rings. The van der Waals surface area contributed by atoms with Crippen molar-refractivity contribution in [1.82, 2.24) is 19.9 Å². The Labute approximate surface area is 140 Å². The predicted octanol–water partition coefficient (Wildman–Crippen LogP) is 2.01. The molecule has 1 aromatic heterocycles. The summed E-state index contributed by atoms with van der Waals surface area (Å²) in [5, 5.41) is 3.56. The molecule has 1 unspecified atom stereocenters. The summed E-state index contributed by atoms with van der Waals surface area (Å²) in [5.74, 6) is 1.19. The maximum Gasteiger partial charge on any atom is 0.241 e. The molecule has 0 saturated carbocycles. The third-order valence-corrected chi connectivity index (χ3v) is 4.07. The van der Waals surface area contributed by atoms with Gasteiger partial charge in [-0.15, -0.1) is 11.6 Å². The van der Waals surface area contributed by atoms with E-state index in [1.807, 2.05) is 30.3 Å². The summed E-state index contributed by atoms with van der Waals surface area (Å²) in [6.07, 6.45) is 0. The molecule has 1 aliphatic heterocycles. The maximum atomic E-state index is 11.9. The maximum absolute atomic E-state index is 11.9. The Bertz CT molecular complexity index is 651. The van der Waals surface area contributed by atoms with Gasteiger partial charge in [-0.05, 0) is 6.92 Å². The number of hydrogen-bond acceptors (Lipinski definition) is 5. The first kappa shape index (κ1) is 16.0. The number of aromatic nitrogens is 2. The number of halogens is 1. The minimum atomic E-state index is -0.467. The Morgan fingerprint density at radius 1 is 1.26 bits per heavy atom. The molecule has 0 radical (unpaired) electrons. The highest BCUT2D eigenvalue weighted by molar-refractivity contribution is 6.30. The molecule has 1 aliphatic rings. The van der Waals surface area contributed by atoms with Crippen molar-refractivity contribution in [1.29, 1.82) is 0 Å². The summed E-state index contributed by atoms with van der Waals surface area (Å²) in [6.45, 7) is 5.21. The fraction of sp³-hybridized carbons (Fsp3) is 0.438. The highest BCUT2D eigenvalue weighted by Gasteiger charge is 2.24. The van der Waals surface area contributed by atoms with Gasteiger partial charge in [0.2, 0.25) is 17.6 Å². The standard InChI is InChI=1S/C16H19ClN4O2/c1-12(17)16(22)21-9-7-20(8-10-21)11-14-18-15(19-23-14)13-5-3-2-4-6-13/h2-6,12H,7-11H2,1H3. The second-order valence-corrected chi connectivity index (χ2v) is 6.25. The van der Waals surface area contributed by atoms with E-state index >= 15 is 0 Å². The van der Waals surface area contributed by atoms with E-state index < -0.39 is 5.38 Å². The van der Waals surface area contributed by atoms with Gasteiger partial charge in [-0.3, -0.25) is 9.69 Å². The van der Waals surface area contributed by atoms with Crippen molar-refractivity contribution in [2.45, 2.75) is 18.8 Å². The van der Waals surface area contributed by atoms with E-state index in [1.165, 1.54) is 0 Å². The zero-order chi connectivity index (χ0) is 16.2. The monoisotopic (exact) mass is 334 g/mol. The molecule has 0 N–H and O–H groups in total. The molecule has 1 atom stereocenters. The fourth-order valence-corrected chi connectivity index (χ4v) is 2.73. The van der Waals surface area contributed by atoms with Gasteiger partial charge in [-0.25, -0.2) is 0 Å². The van der Waals surface area contributed by atoms with Gasteiger partial charge in [0.15, 0.2) is 0 Å². The molecule has 6 nitrogen and oxygen atoms in total. The number of rotatable bonds is 4. The summed E-state index contributed by atoms with van der Waals surface area (Å²) < 4.78 is 5.33. The predicted molar refractivity (Wildman–Crippen MR) is 86.9 cm³/mol. The second-order valence-electron chi connectivity index (χ2n) is 5.60. The molecule has 1 amide bonds. The van der Waals surface area contributed by atoms with Gasteiger partial charge in [0.1, 0.15) is 5.38 Å². The first-order valence-corrected chi connectivity index (χ1v) is 8.10. The van der Waals surface area contributed by atoms with Crippen LogP contribution in [-0.2, 0) is 11.3 Å². The van der Waals surface area contributed by atoms with Gasteiger partial charge in [-0.2, -0.15) is 4.98 Å². The number of carbonyl (C=O) groups is 1. The Morgan fingerprint density at radius 2 is 1.96 bits per heavy atom. The largest absolute Gasteiger partial charge is 0.339 e. The van der Waals surface area contributed by atoms with Crippen molar-refractivity contribution >= 4 is 17.5 Å². The number of hydrogen-bond donors (Lipinski definition) is 0. The summed E-state index contributed by atoms with van der Waals surface area (Å²) >= 11 is 5.85. The molecule has 0 spiro atoms. The number of amides is 1. The normalized spacial score (nSPS) is 17.2. The van der Waals surface area contributed by atoms with Crippen molar-refractivity contribution < 1.29 is 9.32 Å². The van der Waals surface area contributed by atoms with Crippen molar-refractivity contribution in [2.75, 3.05) is 26.2 Å². The lowest BCUT2D eigenvalue weighted by Gasteiger charge is -2.34. The Kier molecular flexibility index (Phi) is 4.93. The number of benzene rings is 1. The van der Waals surface area contributed by atoms with E-state index in [0.29, 0.717) is 31.3 Å². The van der Waals surface area contributed by atoms with Crippen LogP contribution in [0, 0.1) is 0 Å². The molecule has 1 aromatic carbocycles. The van der Waals surface area contributed by atoms with E-state index in [4.69, 9.17) is 16.1 Å². The quantitative estimate of drug-likeness (QED) is 0.800. The third-order valence-electron chi connectivity index (χ3n) is 3.88. The van der Waals surface area contributed by atoms with Crippen LogP contribution < -0.4 is 0 Å². The summed E-state index contributed by atoms with van der Waals surface area (Å²) in [5.41, 5.74) is 0.939. The first-order valence-electron chi connectivity index (χ1n) is 7.66. The molecule has 2 heterocycles. The summed E-state index contributed by atoms with van der Waals surface area (Å²) in [7, 11) is 0. The van der Waals surface area contributed by atoms with Crippen LogP contribution in [0.3, 0.4) is 0 Å². The molecule has 0 aliphatic carbocycles. The van der Waals surface area contributed by atoms with Crippen LogP contribution in [0.25, 0.3) is 11.4 Å². The molecule has 0 bridgehead atoms. The van der Waals surface area contributed by atoms with Crippen LogP contribution in [0.4, 0.5) is 0 Å². The lowest BCUT2D eigenvalue weighted by Crippen LogP contribution is -2.50. The molecule has 3 rings (SSSR count). The molecular weight excluding hydrogens is 316 g/mol. The molecular formula is C16H19ClN4O2. The number of nitrogens with zero attached hydrogens (tertiary/aromatic N) is 4. The zero-order valence-electron chi connectivity index (χ0n) is 13.0.